The lowest BCUT2D eigenvalue weighted by atomic mass is 10.2. The van der Waals surface area contributed by atoms with Gasteiger partial charge in [0.2, 0.25) is 11.8 Å². The third-order valence-electron chi connectivity index (χ3n) is 4.52. The van der Waals surface area contributed by atoms with Crippen LogP contribution in [0.2, 0.25) is 0 Å². The Balaban J connectivity index is 1.52. The minimum Gasteiger partial charge on any atom is -0.454 e. The van der Waals surface area contributed by atoms with Gasteiger partial charge in [-0.3, -0.25) is 14.4 Å². The molecule has 2 atom stereocenters. The summed E-state index contributed by atoms with van der Waals surface area (Å²) in [6, 6.07) is 5.38. The molecule has 2 heterocycles. The average molecular weight is 377 g/mol. The first kappa shape index (κ1) is 18.2. The third kappa shape index (κ3) is 3.52. The number of carbonyl (C=O) groups excluding carboxylic acids is 4. The van der Waals surface area contributed by atoms with E-state index >= 15 is 0 Å². The minimum absolute atomic E-state index is 0.0570. The molecule has 2 aliphatic heterocycles. The molecule has 2 fully saturated rings. The summed E-state index contributed by atoms with van der Waals surface area (Å²) in [5.74, 6) is -1.23. The first-order chi connectivity index (χ1) is 12.3. The Labute approximate surface area is 154 Å². The van der Waals surface area contributed by atoms with E-state index in [4.69, 9.17) is 10.5 Å². The lowest BCUT2D eigenvalue weighted by molar-refractivity contribution is -0.155. The summed E-state index contributed by atoms with van der Waals surface area (Å²) >= 11 is 1.56. The van der Waals surface area contributed by atoms with Crippen LogP contribution in [0.25, 0.3) is 0 Å². The number of nitrogens with one attached hydrogen (secondary N) is 1. The third-order valence-corrected chi connectivity index (χ3v) is 6.02. The molecular weight excluding hydrogens is 358 g/mol. The number of hydrogen-bond acceptors (Lipinski definition) is 6. The molecule has 3 amide bonds. The van der Waals surface area contributed by atoms with Crippen LogP contribution in [0, 0.1) is 0 Å². The summed E-state index contributed by atoms with van der Waals surface area (Å²) in [6.07, 6.45) is 1.14. The fourth-order valence-electron chi connectivity index (χ4n) is 3.14. The number of nitrogens with two attached hydrogens (primary N) is 1. The van der Waals surface area contributed by atoms with Gasteiger partial charge in [0.25, 0.3) is 5.91 Å². The number of nitrogens with zero attached hydrogens (tertiary/aromatic N) is 1. The van der Waals surface area contributed by atoms with E-state index in [0.29, 0.717) is 29.8 Å². The van der Waals surface area contributed by atoms with Crippen molar-refractivity contribution >= 4 is 41.1 Å². The number of rotatable bonds is 5. The van der Waals surface area contributed by atoms with Gasteiger partial charge in [0.15, 0.2) is 6.61 Å². The van der Waals surface area contributed by atoms with Gasteiger partial charge in [0.1, 0.15) is 6.04 Å². The van der Waals surface area contributed by atoms with Crippen molar-refractivity contribution < 1.29 is 23.9 Å². The number of ether oxygens (including phenoxy) is 1. The van der Waals surface area contributed by atoms with E-state index in [0.717, 1.165) is 0 Å². The van der Waals surface area contributed by atoms with Crippen molar-refractivity contribution in [3.05, 3.63) is 29.8 Å². The van der Waals surface area contributed by atoms with Crippen LogP contribution in [0.15, 0.2) is 24.3 Å². The van der Waals surface area contributed by atoms with Gasteiger partial charge < -0.3 is 20.7 Å². The standard InChI is InChI=1S/C17H19N3O5S/c1-17-7-6-14(22)20(17)12(9-26-17)16(24)25-8-13(21)19-11-4-2-10(3-5-11)15(18)23/h2-5,12H,6-9H2,1H3,(H2,18,23)(H,19,21)/t12-,17-/m0/s1. The Bertz CT molecular complexity index is 766. The number of anilines is 1. The smallest absolute Gasteiger partial charge is 0.330 e. The zero-order chi connectivity index (χ0) is 18.9. The molecule has 0 radical (unpaired) electrons. The van der Waals surface area contributed by atoms with Crippen LogP contribution in [0.1, 0.15) is 30.1 Å². The van der Waals surface area contributed by atoms with Gasteiger partial charge in [-0.05, 0) is 37.6 Å². The molecule has 3 rings (SSSR count). The second-order valence-electron chi connectivity index (χ2n) is 6.36. The number of hydrogen-bond donors (Lipinski definition) is 2. The van der Waals surface area contributed by atoms with E-state index in [1.165, 1.54) is 24.3 Å². The Morgan fingerprint density at radius 2 is 2.04 bits per heavy atom. The predicted octanol–water partition coefficient (Wildman–Crippen LogP) is 0.721. The van der Waals surface area contributed by atoms with Crippen molar-refractivity contribution in [1.29, 1.82) is 0 Å². The van der Waals surface area contributed by atoms with Crippen LogP contribution >= 0.6 is 11.8 Å². The maximum Gasteiger partial charge on any atom is 0.330 e. The Hall–Kier alpha value is -2.55. The summed E-state index contributed by atoms with van der Waals surface area (Å²) in [4.78, 5) is 48.5. The predicted molar refractivity (Wildman–Crippen MR) is 95.3 cm³/mol. The maximum atomic E-state index is 12.3. The molecule has 8 nitrogen and oxygen atoms in total. The van der Waals surface area contributed by atoms with E-state index in [9.17, 15) is 19.2 Å². The van der Waals surface area contributed by atoms with Crippen LogP contribution < -0.4 is 11.1 Å². The molecule has 2 saturated heterocycles. The van der Waals surface area contributed by atoms with E-state index in [2.05, 4.69) is 5.32 Å². The lowest BCUT2D eigenvalue weighted by Crippen LogP contribution is -2.47. The Morgan fingerprint density at radius 3 is 2.69 bits per heavy atom. The normalized spacial score (nSPS) is 24.3. The Kier molecular flexibility index (Phi) is 4.90. The summed E-state index contributed by atoms with van der Waals surface area (Å²) in [5.41, 5.74) is 5.93. The van der Waals surface area contributed by atoms with Crippen molar-refractivity contribution in [1.82, 2.24) is 4.90 Å². The molecule has 0 aromatic heterocycles. The van der Waals surface area contributed by atoms with Gasteiger partial charge in [-0.2, -0.15) is 0 Å². The molecule has 26 heavy (non-hydrogen) atoms. The van der Waals surface area contributed by atoms with Crippen molar-refractivity contribution in [3.8, 4) is 0 Å². The van der Waals surface area contributed by atoms with Crippen molar-refractivity contribution in [2.75, 3.05) is 17.7 Å². The monoisotopic (exact) mass is 377 g/mol. The van der Waals surface area contributed by atoms with E-state index in [-0.39, 0.29) is 10.8 Å². The van der Waals surface area contributed by atoms with Gasteiger partial charge >= 0.3 is 5.97 Å². The number of esters is 1. The Morgan fingerprint density at radius 1 is 1.35 bits per heavy atom. The molecule has 0 aliphatic carbocycles. The number of benzene rings is 1. The molecule has 0 bridgehead atoms. The van der Waals surface area contributed by atoms with Gasteiger partial charge in [-0.1, -0.05) is 0 Å². The van der Waals surface area contributed by atoms with E-state index in [1.54, 1.807) is 16.7 Å². The van der Waals surface area contributed by atoms with Crippen LogP contribution in [0.5, 0.6) is 0 Å². The fourth-order valence-corrected chi connectivity index (χ4v) is 4.56. The number of primary amides is 1. The van der Waals surface area contributed by atoms with E-state index in [1.807, 2.05) is 6.92 Å². The van der Waals surface area contributed by atoms with Gasteiger partial charge in [-0.15, -0.1) is 11.8 Å². The summed E-state index contributed by atoms with van der Waals surface area (Å²) in [6.45, 7) is 1.49. The van der Waals surface area contributed by atoms with Crippen molar-refractivity contribution in [2.24, 2.45) is 5.73 Å². The molecule has 1 aromatic carbocycles. The molecule has 3 N–H and O–H groups in total. The highest BCUT2D eigenvalue weighted by Crippen LogP contribution is 2.47. The zero-order valence-corrected chi connectivity index (χ0v) is 15.0. The molecule has 0 spiro atoms. The summed E-state index contributed by atoms with van der Waals surface area (Å²) in [7, 11) is 0. The number of carbonyl (C=O) groups is 4. The highest BCUT2D eigenvalue weighted by Gasteiger charge is 2.53. The number of amides is 3. The lowest BCUT2D eigenvalue weighted by Gasteiger charge is -2.29. The molecule has 2 aliphatic rings. The van der Waals surface area contributed by atoms with Crippen molar-refractivity contribution in [2.45, 2.75) is 30.7 Å². The summed E-state index contributed by atoms with van der Waals surface area (Å²) in [5, 5.41) is 2.56. The van der Waals surface area contributed by atoms with Gasteiger partial charge in [-0.25, -0.2) is 4.79 Å². The quantitative estimate of drug-likeness (QED) is 0.730. The molecule has 0 saturated carbocycles. The molecule has 138 valence electrons. The SMILES string of the molecule is C[C@]12CCC(=O)N1[C@H](C(=O)OCC(=O)Nc1ccc(C(N)=O)cc1)CS2. The summed E-state index contributed by atoms with van der Waals surface area (Å²) < 4.78 is 5.09. The zero-order valence-electron chi connectivity index (χ0n) is 14.2. The molecular formula is C17H19N3O5S. The molecule has 1 aromatic rings. The maximum absolute atomic E-state index is 12.3. The first-order valence-corrected chi connectivity index (χ1v) is 9.11. The number of fused-ring (bicyclic) bond motifs is 1. The van der Waals surface area contributed by atoms with Crippen LogP contribution in [-0.2, 0) is 19.1 Å². The second kappa shape index (κ2) is 6.99. The minimum atomic E-state index is -0.650. The second-order valence-corrected chi connectivity index (χ2v) is 7.86. The van der Waals surface area contributed by atoms with Crippen LogP contribution in [-0.4, -0.2) is 51.9 Å². The van der Waals surface area contributed by atoms with Crippen LogP contribution in [0.3, 0.4) is 0 Å². The highest BCUT2D eigenvalue weighted by molar-refractivity contribution is 8.01. The van der Waals surface area contributed by atoms with Crippen molar-refractivity contribution in [3.63, 3.8) is 0 Å². The van der Waals surface area contributed by atoms with Gasteiger partial charge in [0.05, 0.1) is 4.87 Å². The largest absolute Gasteiger partial charge is 0.454 e. The molecule has 0 unspecified atom stereocenters. The fraction of sp³-hybridized carbons (Fsp3) is 0.412. The highest BCUT2D eigenvalue weighted by atomic mass is 32.2. The first-order valence-electron chi connectivity index (χ1n) is 8.13. The van der Waals surface area contributed by atoms with Crippen LogP contribution in [0.4, 0.5) is 5.69 Å². The van der Waals surface area contributed by atoms with Gasteiger partial charge in [0, 0.05) is 23.4 Å². The molecule has 9 heteroatoms. The number of thioether (sulfide) groups is 1. The average Bonchev–Trinajstić information content (AvgIpc) is 3.09. The van der Waals surface area contributed by atoms with E-state index < -0.39 is 30.4 Å². The topological polar surface area (TPSA) is 119 Å².